The van der Waals surface area contributed by atoms with Crippen LogP contribution in [0.2, 0.25) is 0 Å². The number of anilines is 1. The van der Waals surface area contributed by atoms with E-state index in [2.05, 4.69) is 10.0 Å². The van der Waals surface area contributed by atoms with Crippen molar-refractivity contribution in [2.45, 2.75) is 36.6 Å². The molecule has 9 heteroatoms. The lowest BCUT2D eigenvalue weighted by Gasteiger charge is -2.12. The number of carbonyl (C=O) groups excluding carboxylic acids is 2. The van der Waals surface area contributed by atoms with Gasteiger partial charge < -0.3 is 10.1 Å². The topological polar surface area (TPSA) is 102 Å². The summed E-state index contributed by atoms with van der Waals surface area (Å²) in [6.45, 7) is -0.430. The molecule has 0 aromatic heterocycles. The van der Waals surface area contributed by atoms with Gasteiger partial charge in [0.05, 0.1) is 10.5 Å². The molecule has 0 aliphatic heterocycles. The third kappa shape index (κ3) is 5.77. The highest BCUT2D eigenvalue weighted by atomic mass is 32.2. The van der Waals surface area contributed by atoms with E-state index in [1.807, 2.05) is 0 Å². The first-order valence-electron chi connectivity index (χ1n) is 9.18. The summed E-state index contributed by atoms with van der Waals surface area (Å²) in [5, 5.41) is 2.80. The Bertz CT molecular complexity index is 986. The van der Waals surface area contributed by atoms with E-state index in [-0.39, 0.29) is 28.1 Å². The fourth-order valence-electron chi connectivity index (χ4n) is 3.08. The minimum absolute atomic E-state index is 0.000600. The van der Waals surface area contributed by atoms with E-state index in [1.54, 1.807) is 0 Å². The van der Waals surface area contributed by atoms with Gasteiger partial charge in [0.2, 0.25) is 0 Å². The predicted octanol–water partition coefficient (Wildman–Crippen LogP) is 2.84. The van der Waals surface area contributed by atoms with Gasteiger partial charge >= 0.3 is 5.97 Å². The molecule has 0 atom stereocenters. The van der Waals surface area contributed by atoms with Crippen molar-refractivity contribution in [2.75, 3.05) is 11.3 Å². The van der Waals surface area contributed by atoms with Gasteiger partial charge in [0.15, 0.2) is 6.61 Å². The molecule has 0 unspecified atom stereocenters. The maximum atomic E-state index is 13.0. The number of amides is 1. The average Bonchev–Trinajstić information content (AvgIpc) is 3.21. The van der Waals surface area contributed by atoms with E-state index in [0.29, 0.717) is 0 Å². The molecule has 0 spiro atoms. The van der Waals surface area contributed by atoms with Crippen LogP contribution in [-0.4, -0.2) is 32.9 Å². The number of benzene rings is 2. The minimum Gasteiger partial charge on any atom is -0.452 e. The summed E-state index contributed by atoms with van der Waals surface area (Å²) in [5.74, 6) is -1.67. The van der Waals surface area contributed by atoms with Gasteiger partial charge in [0.25, 0.3) is 15.9 Å². The SMILES string of the molecule is O=C(COC(=O)c1cccc(S(=O)(=O)Nc2ccc(F)cc2)c1)NC1CCCC1. The molecule has 1 fully saturated rings. The summed E-state index contributed by atoms with van der Waals surface area (Å²) < 4.78 is 45.3. The van der Waals surface area contributed by atoms with Crippen LogP contribution in [0.5, 0.6) is 0 Å². The lowest BCUT2D eigenvalue weighted by molar-refractivity contribution is -0.124. The number of hydrogen-bond donors (Lipinski definition) is 2. The van der Waals surface area contributed by atoms with E-state index in [9.17, 15) is 22.4 Å². The van der Waals surface area contributed by atoms with Crippen molar-refractivity contribution < 1.29 is 27.1 Å². The summed E-state index contributed by atoms with van der Waals surface area (Å²) in [4.78, 5) is 23.9. The number of carbonyl (C=O) groups is 2. The molecule has 1 aliphatic rings. The second-order valence-electron chi connectivity index (χ2n) is 6.77. The van der Waals surface area contributed by atoms with Crippen molar-refractivity contribution >= 4 is 27.6 Å². The minimum atomic E-state index is -3.99. The Morgan fingerprint density at radius 1 is 1.07 bits per heavy atom. The smallest absolute Gasteiger partial charge is 0.338 e. The van der Waals surface area contributed by atoms with Crippen molar-refractivity contribution in [1.29, 1.82) is 0 Å². The van der Waals surface area contributed by atoms with Crippen LogP contribution in [-0.2, 0) is 19.6 Å². The van der Waals surface area contributed by atoms with Crippen molar-refractivity contribution in [2.24, 2.45) is 0 Å². The molecule has 2 N–H and O–H groups in total. The van der Waals surface area contributed by atoms with E-state index >= 15 is 0 Å². The lowest BCUT2D eigenvalue weighted by Crippen LogP contribution is -2.35. The Morgan fingerprint density at radius 3 is 2.45 bits per heavy atom. The third-order valence-corrected chi connectivity index (χ3v) is 5.91. The maximum absolute atomic E-state index is 13.0. The summed E-state index contributed by atoms with van der Waals surface area (Å²) in [6, 6.07) is 10.2. The molecular formula is C20H21FN2O5S. The van der Waals surface area contributed by atoms with Gasteiger partial charge in [0, 0.05) is 11.7 Å². The number of rotatable bonds is 7. The Morgan fingerprint density at radius 2 is 1.76 bits per heavy atom. The number of nitrogens with one attached hydrogen (secondary N) is 2. The maximum Gasteiger partial charge on any atom is 0.338 e. The van der Waals surface area contributed by atoms with Crippen molar-refractivity contribution in [1.82, 2.24) is 5.32 Å². The fraction of sp³-hybridized carbons (Fsp3) is 0.300. The second kappa shape index (κ2) is 9.04. The Labute approximate surface area is 168 Å². The van der Waals surface area contributed by atoms with Crippen LogP contribution in [0.1, 0.15) is 36.0 Å². The molecule has 0 bridgehead atoms. The number of ether oxygens (including phenoxy) is 1. The molecule has 2 aromatic rings. The van der Waals surface area contributed by atoms with E-state index in [0.717, 1.165) is 43.9 Å². The predicted molar refractivity (Wildman–Crippen MR) is 104 cm³/mol. The monoisotopic (exact) mass is 420 g/mol. The van der Waals surface area contributed by atoms with Crippen molar-refractivity contribution in [3.8, 4) is 0 Å². The standard InChI is InChI=1S/C20H21FN2O5S/c21-15-8-10-17(11-9-15)23-29(26,27)18-7-3-4-14(12-18)20(25)28-13-19(24)22-16-5-1-2-6-16/h3-4,7-12,16,23H,1-2,5-6,13H2,(H,22,24). The summed E-state index contributed by atoms with van der Waals surface area (Å²) in [6.07, 6.45) is 3.97. The molecular weight excluding hydrogens is 399 g/mol. The van der Waals surface area contributed by atoms with Crippen LogP contribution in [0.25, 0.3) is 0 Å². The van der Waals surface area contributed by atoms with Crippen LogP contribution in [0.4, 0.5) is 10.1 Å². The zero-order valence-corrected chi connectivity index (χ0v) is 16.4. The van der Waals surface area contributed by atoms with Gasteiger partial charge in [-0.2, -0.15) is 0 Å². The van der Waals surface area contributed by atoms with Crippen molar-refractivity contribution in [3.63, 3.8) is 0 Å². The highest BCUT2D eigenvalue weighted by Gasteiger charge is 2.20. The Hall–Kier alpha value is -2.94. The third-order valence-electron chi connectivity index (χ3n) is 4.53. The van der Waals surface area contributed by atoms with Crippen molar-refractivity contribution in [3.05, 3.63) is 59.9 Å². The molecule has 1 saturated carbocycles. The molecule has 0 saturated heterocycles. The van der Waals surface area contributed by atoms with Gasteiger partial charge in [-0.05, 0) is 55.3 Å². The zero-order chi connectivity index (χ0) is 20.9. The quantitative estimate of drug-likeness (QED) is 0.671. The average molecular weight is 420 g/mol. The van der Waals surface area contributed by atoms with Gasteiger partial charge in [-0.15, -0.1) is 0 Å². The van der Waals surface area contributed by atoms with Gasteiger partial charge in [0.1, 0.15) is 5.82 Å². The highest BCUT2D eigenvalue weighted by Crippen LogP contribution is 2.19. The van der Waals surface area contributed by atoms with Gasteiger partial charge in [-0.3, -0.25) is 9.52 Å². The van der Waals surface area contributed by atoms with Gasteiger partial charge in [-0.1, -0.05) is 18.9 Å². The molecule has 154 valence electrons. The summed E-state index contributed by atoms with van der Waals surface area (Å²) >= 11 is 0. The van der Waals surface area contributed by atoms with Crippen LogP contribution >= 0.6 is 0 Å². The summed E-state index contributed by atoms with van der Waals surface area (Å²) in [5.41, 5.74) is 0.184. The molecule has 2 aromatic carbocycles. The number of hydrogen-bond acceptors (Lipinski definition) is 5. The molecule has 0 heterocycles. The Kier molecular flexibility index (Phi) is 6.48. The van der Waals surface area contributed by atoms with E-state index in [4.69, 9.17) is 4.74 Å². The van der Waals surface area contributed by atoms with E-state index < -0.39 is 28.4 Å². The second-order valence-corrected chi connectivity index (χ2v) is 8.45. The first-order chi connectivity index (χ1) is 13.8. The van der Waals surface area contributed by atoms with Gasteiger partial charge in [-0.25, -0.2) is 17.6 Å². The molecule has 0 radical (unpaired) electrons. The first-order valence-corrected chi connectivity index (χ1v) is 10.7. The molecule has 29 heavy (non-hydrogen) atoms. The van der Waals surface area contributed by atoms with E-state index in [1.165, 1.54) is 30.3 Å². The first kappa shape index (κ1) is 20.8. The normalized spacial score (nSPS) is 14.4. The van der Waals surface area contributed by atoms with Crippen LogP contribution in [0.15, 0.2) is 53.4 Å². The molecule has 7 nitrogen and oxygen atoms in total. The molecule has 1 aliphatic carbocycles. The lowest BCUT2D eigenvalue weighted by atomic mass is 10.2. The number of esters is 1. The number of sulfonamides is 1. The zero-order valence-electron chi connectivity index (χ0n) is 15.6. The molecule has 1 amide bonds. The summed E-state index contributed by atoms with van der Waals surface area (Å²) in [7, 11) is -3.99. The highest BCUT2D eigenvalue weighted by molar-refractivity contribution is 7.92. The van der Waals surface area contributed by atoms with Crippen LogP contribution in [0, 0.1) is 5.82 Å². The van der Waals surface area contributed by atoms with Crippen LogP contribution in [0.3, 0.4) is 0 Å². The number of halogens is 1. The largest absolute Gasteiger partial charge is 0.452 e. The van der Waals surface area contributed by atoms with Crippen LogP contribution < -0.4 is 10.0 Å². The molecule has 3 rings (SSSR count). The fourth-order valence-corrected chi connectivity index (χ4v) is 4.18. The Balaban J connectivity index is 1.62.